The average Bonchev–Trinajstić information content (AvgIpc) is 2.62. The molecule has 0 saturated carbocycles. The molecule has 0 saturated heterocycles. The number of amides is 1. The van der Waals surface area contributed by atoms with Crippen molar-refractivity contribution in [3.8, 4) is 5.75 Å². The second-order valence-electron chi connectivity index (χ2n) is 6.42. The molecule has 0 fully saturated rings. The molecule has 0 radical (unpaired) electrons. The van der Waals surface area contributed by atoms with Crippen molar-refractivity contribution in [3.05, 3.63) is 52.5 Å². The van der Waals surface area contributed by atoms with Crippen molar-refractivity contribution in [3.63, 3.8) is 0 Å². The summed E-state index contributed by atoms with van der Waals surface area (Å²) in [5.74, 6) is 0.309. The van der Waals surface area contributed by atoms with Gasteiger partial charge in [-0.25, -0.2) is 8.42 Å². The molecule has 2 N–H and O–H groups in total. The Morgan fingerprint density at radius 2 is 1.81 bits per heavy atom. The minimum atomic E-state index is -3.93. The highest BCUT2D eigenvalue weighted by Gasteiger charge is 2.22. The Hall–Kier alpha value is -2.06. The topological polar surface area (TPSA) is 84.5 Å². The van der Waals surface area contributed by atoms with Crippen LogP contribution in [0.25, 0.3) is 0 Å². The molecule has 146 valence electrons. The highest BCUT2D eigenvalue weighted by Crippen LogP contribution is 2.27. The minimum absolute atomic E-state index is 0.0931. The molecule has 0 spiro atoms. The van der Waals surface area contributed by atoms with Gasteiger partial charge in [0.25, 0.3) is 15.9 Å². The first kappa shape index (κ1) is 21.2. The fraction of sp³-hybridized carbons (Fsp3) is 0.316. The van der Waals surface area contributed by atoms with E-state index in [1.165, 1.54) is 19.2 Å². The standard InChI is InChI=1S/C19H23BrN2O4S/c1-13(2)10-11-21-19(23)14-4-9-17(26-3)18(12-14)27(24,25)22-16-7-5-15(20)6-8-16/h4-9,12-13,22H,10-11H2,1-3H3,(H,21,23). The number of carbonyl (C=O) groups is 1. The summed E-state index contributed by atoms with van der Waals surface area (Å²) in [6.07, 6.45) is 0.845. The molecule has 0 atom stereocenters. The maximum atomic E-state index is 12.8. The fourth-order valence-corrected chi connectivity index (χ4v) is 3.85. The van der Waals surface area contributed by atoms with Gasteiger partial charge in [-0.15, -0.1) is 0 Å². The number of anilines is 1. The van der Waals surface area contributed by atoms with Gasteiger partial charge in [0.05, 0.1) is 7.11 Å². The Balaban J connectivity index is 2.28. The molecule has 2 aromatic rings. The van der Waals surface area contributed by atoms with E-state index in [2.05, 4.69) is 39.8 Å². The summed E-state index contributed by atoms with van der Waals surface area (Å²) in [5.41, 5.74) is 0.669. The summed E-state index contributed by atoms with van der Waals surface area (Å²) < 4.78 is 34.1. The van der Waals surface area contributed by atoms with Gasteiger partial charge < -0.3 is 10.1 Å². The highest BCUT2D eigenvalue weighted by atomic mass is 79.9. The third kappa shape index (κ3) is 5.97. The summed E-state index contributed by atoms with van der Waals surface area (Å²) in [7, 11) is -2.54. The van der Waals surface area contributed by atoms with Gasteiger partial charge in [-0.3, -0.25) is 9.52 Å². The van der Waals surface area contributed by atoms with Crippen LogP contribution < -0.4 is 14.8 Å². The van der Waals surface area contributed by atoms with Crippen molar-refractivity contribution in [2.45, 2.75) is 25.2 Å². The maximum Gasteiger partial charge on any atom is 0.265 e. The number of hydrogen-bond acceptors (Lipinski definition) is 4. The summed E-state index contributed by atoms with van der Waals surface area (Å²) >= 11 is 3.31. The zero-order chi connectivity index (χ0) is 20.0. The van der Waals surface area contributed by atoms with E-state index >= 15 is 0 Å². The van der Waals surface area contributed by atoms with Crippen LogP contribution in [0.3, 0.4) is 0 Å². The molecule has 0 aliphatic heterocycles. The van der Waals surface area contributed by atoms with E-state index in [9.17, 15) is 13.2 Å². The van der Waals surface area contributed by atoms with E-state index in [4.69, 9.17) is 4.74 Å². The number of halogens is 1. The van der Waals surface area contributed by atoms with Gasteiger partial charge >= 0.3 is 0 Å². The lowest BCUT2D eigenvalue weighted by Crippen LogP contribution is -2.25. The maximum absolute atomic E-state index is 12.8. The summed E-state index contributed by atoms with van der Waals surface area (Å²) in [6, 6.07) is 11.1. The van der Waals surface area contributed by atoms with E-state index < -0.39 is 10.0 Å². The Kier molecular flexibility index (Phi) is 7.26. The first-order chi connectivity index (χ1) is 12.7. The van der Waals surface area contributed by atoms with Crippen LogP contribution in [0.1, 0.15) is 30.6 Å². The summed E-state index contributed by atoms with van der Waals surface area (Å²) in [4.78, 5) is 12.2. The van der Waals surface area contributed by atoms with Gasteiger partial charge in [-0.2, -0.15) is 0 Å². The zero-order valence-corrected chi connectivity index (χ0v) is 17.9. The number of benzene rings is 2. The van der Waals surface area contributed by atoms with Crippen LogP contribution in [0.2, 0.25) is 0 Å². The van der Waals surface area contributed by atoms with Gasteiger partial charge in [0, 0.05) is 22.3 Å². The van der Waals surface area contributed by atoms with Crippen LogP contribution in [0, 0.1) is 5.92 Å². The number of carbonyl (C=O) groups excluding carboxylic acids is 1. The Morgan fingerprint density at radius 3 is 2.41 bits per heavy atom. The quantitative estimate of drug-likeness (QED) is 0.630. The van der Waals surface area contributed by atoms with Crippen LogP contribution in [-0.2, 0) is 10.0 Å². The predicted octanol–water partition coefficient (Wildman–Crippen LogP) is 4.03. The predicted molar refractivity (Wildman–Crippen MR) is 110 cm³/mol. The van der Waals surface area contributed by atoms with E-state index in [-0.39, 0.29) is 22.1 Å². The molecule has 0 heterocycles. The summed E-state index contributed by atoms with van der Waals surface area (Å²) in [6.45, 7) is 4.66. The van der Waals surface area contributed by atoms with Crippen LogP contribution in [0.5, 0.6) is 5.75 Å². The molecule has 8 heteroatoms. The number of rotatable bonds is 8. The van der Waals surface area contributed by atoms with Crippen molar-refractivity contribution < 1.29 is 17.9 Å². The Labute approximate surface area is 168 Å². The molecule has 0 aliphatic carbocycles. The van der Waals surface area contributed by atoms with E-state index in [0.717, 1.165) is 10.9 Å². The molecule has 0 aliphatic rings. The summed E-state index contributed by atoms with van der Waals surface area (Å²) in [5, 5.41) is 2.80. The van der Waals surface area contributed by atoms with Gasteiger partial charge in [0.1, 0.15) is 10.6 Å². The van der Waals surface area contributed by atoms with Crippen molar-refractivity contribution in [1.82, 2.24) is 5.32 Å². The van der Waals surface area contributed by atoms with Crippen LogP contribution >= 0.6 is 15.9 Å². The molecule has 1 amide bonds. The monoisotopic (exact) mass is 454 g/mol. The Morgan fingerprint density at radius 1 is 1.15 bits per heavy atom. The molecule has 0 unspecified atom stereocenters. The van der Waals surface area contributed by atoms with Crippen LogP contribution in [-0.4, -0.2) is 28.0 Å². The molecule has 6 nitrogen and oxygen atoms in total. The number of ether oxygens (including phenoxy) is 1. The smallest absolute Gasteiger partial charge is 0.265 e. The SMILES string of the molecule is COc1ccc(C(=O)NCCC(C)C)cc1S(=O)(=O)Nc1ccc(Br)cc1. The van der Waals surface area contributed by atoms with E-state index in [0.29, 0.717) is 18.2 Å². The van der Waals surface area contributed by atoms with Crippen molar-refractivity contribution >= 4 is 37.5 Å². The van der Waals surface area contributed by atoms with Gasteiger partial charge in [-0.05, 0) is 54.8 Å². The van der Waals surface area contributed by atoms with E-state index in [1.54, 1.807) is 30.3 Å². The minimum Gasteiger partial charge on any atom is -0.495 e. The largest absolute Gasteiger partial charge is 0.495 e. The molecule has 2 aromatic carbocycles. The highest BCUT2D eigenvalue weighted by molar-refractivity contribution is 9.10. The van der Waals surface area contributed by atoms with Crippen LogP contribution in [0.4, 0.5) is 5.69 Å². The first-order valence-corrected chi connectivity index (χ1v) is 10.7. The molecule has 0 bridgehead atoms. The molecule has 0 aromatic heterocycles. The van der Waals surface area contributed by atoms with Crippen LogP contribution in [0.15, 0.2) is 51.8 Å². The lowest BCUT2D eigenvalue weighted by molar-refractivity contribution is 0.0951. The lowest BCUT2D eigenvalue weighted by atomic mass is 10.1. The fourth-order valence-electron chi connectivity index (χ4n) is 2.33. The third-order valence-corrected chi connectivity index (χ3v) is 5.75. The van der Waals surface area contributed by atoms with Gasteiger partial charge in [-0.1, -0.05) is 29.8 Å². The first-order valence-electron chi connectivity index (χ1n) is 8.47. The number of sulfonamides is 1. The second-order valence-corrected chi connectivity index (χ2v) is 8.98. The second kappa shape index (κ2) is 9.23. The molecule has 27 heavy (non-hydrogen) atoms. The number of nitrogens with one attached hydrogen (secondary N) is 2. The molecular formula is C19H23BrN2O4S. The Bertz CT molecular complexity index is 896. The van der Waals surface area contributed by atoms with E-state index in [1.807, 2.05) is 0 Å². The number of methoxy groups -OCH3 is 1. The molecular weight excluding hydrogens is 432 g/mol. The van der Waals surface area contributed by atoms with Crippen molar-refractivity contribution in [1.29, 1.82) is 0 Å². The molecule has 2 rings (SSSR count). The zero-order valence-electron chi connectivity index (χ0n) is 15.5. The van der Waals surface area contributed by atoms with Crippen molar-refractivity contribution in [2.24, 2.45) is 5.92 Å². The number of hydrogen-bond donors (Lipinski definition) is 2. The van der Waals surface area contributed by atoms with Crippen molar-refractivity contribution in [2.75, 3.05) is 18.4 Å². The lowest BCUT2D eigenvalue weighted by Gasteiger charge is -2.13. The van der Waals surface area contributed by atoms with Gasteiger partial charge in [0.2, 0.25) is 0 Å². The normalized spacial score (nSPS) is 11.3. The average molecular weight is 455 g/mol. The van der Waals surface area contributed by atoms with Gasteiger partial charge in [0.15, 0.2) is 0 Å². The third-order valence-electron chi connectivity index (χ3n) is 3.82.